The normalized spacial score (nSPS) is 11.0. The first kappa shape index (κ1) is 22.1. The molecule has 0 spiro atoms. The first-order chi connectivity index (χ1) is 14.5. The van der Waals surface area contributed by atoms with Crippen molar-refractivity contribution in [2.75, 3.05) is 0 Å². The lowest BCUT2D eigenvalue weighted by Gasteiger charge is -2.15. The third-order valence-corrected chi connectivity index (χ3v) is 4.14. The predicted octanol–water partition coefficient (Wildman–Crippen LogP) is 5.87. The van der Waals surface area contributed by atoms with E-state index in [0.29, 0.717) is 6.07 Å². The van der Waals surface area contributed by atoms with Crippen molar-refractivity contribution in [1.29, 1.82) is 5.26 Å². The Balaban J connectivity index is 2.51. The molecule has 2 aromatic carbocycles. The molecule has 0 aliphatic heterocycles. The Hall–Kier alpha value is -3.62. The molecule has 0 radical (unpaired) electrons. The maximum atomic E-state index is 14.3. The number of hydrogen-bond acceptors (Lipinski definition) is 2. The Morgan fingerprint density at radius 1 is 0.581 bits per heavy atom. The van der Waals surface area contributed by atoms with E-state index in [9.17, 15) is 43.9 Å². The number of hydrogen-bond donors (Lipinski definition) is 0. The molecule has 0 saturated heterocycles. The van der Waals surface area contributed by atoms with E-state index < -0.39 is 87.0 Å². The summed E-state index contributed by atoms with van der Waals surface area (Å²) in [5.74, 6) is -24.6. The number of aromatic nitrogens is 1. The van der Waals surface area contributed by atoms with E-state index in [4.69, 9.17) is 5.26 Å². The van der Waals surface area contributed by atoms with Gasteiger partial charge >= 0.3 is 0 Å². The van der Waals surface area contributed by atoms with Crippen LogP contribution in [0.25, 0.3) is 22.4 Å². The van der Waals surface area contributed by atoms with Crippen molar-refractivity contribution >= 4 is 0 Å². The van der Waals surface area contributed by atoms with Gasteiger partial charge in [-0.15, -0.1) is 0 Å². The number of benzene rings is 2. The average Bonchev–Trinajstić information content (AvgIpc) is 2.75. The minimum atomic E-state index is -2.55. The Morgan fingerprint density at radius 3 is 1.39 bits per heavy atom. The zero-order chi connectivity index (χ0) is 23.2. The second-order valence-electron chi connectivity index (χ2n) is 5.92. The molecule has 0 saturated carbocycles. The van der Waals surface area contributed by atoms with E-state index in [-0.39, 0.29) is 5.69 Å². The summed E-state index contributed by atoms with van der Waals surface area (Å²) in [5, 5.41) is 8.72. The van der Waals surface area contributed by atoms with Crippen LogP contribution in [0.4, 0.5) is 43.9 Å². The number of nitriles is 1. The molecular weight excluding hydrogens is 446 g/mol. The summed E-state index contributed by atoms with van der Waals surface area (Å²) in [4.78, 5) is 3.48. The molecule has 0 amide bonds. The Labute approximate surface area is 166 Å². The lowest BCUT2D eigenvalue weighted by Crippen LogP contribution is -2.09. The second kappa shape index (κ2) is 7.90. The Kier molecular flexibility index (Phi) is 5.62. The van der Waals surface area contributed by atoms with Gasteiger partial charge in [-0.3, -0.25) is 4.98 Å². The largest absolute Gasteiger partial charge is 0.251 e. The van der Waals surface area contributed by atoms with E-state index in [1.807, 2.05) is 0 Å². The van der Waals surface area contributed by atoms with Crippen LogP contribution in [0.5, 0.6) is 0 Å². The summed E-state index contributed by atoms with van der Waals surface area (Å²) in [6, 6.07) is 2.97. The highest BCUT2D eigenvalue weighted by molar-refractivity contribution is 5.82. The lowest BCUT2D eigenvalue weighted by atomic mass is 9.96. The summed E-state index contributed by atoms with van der Waals surface area (Å²) in [6.45, 7) is 0. The molecule has 160 valence electrons. The van der Waals surface area contributed by atoms with Crippen LogP contribution in [-0.4, -0.2) is 4.98 Å². The highest BCUT2D eigenvalue weighted by Gasteiger charge is 2.33. The highest BCUT2D eigenvalue weighted by Crippen LogP contribution is 2.40. The van der Waals surface area contributed by atoms with E-state index in [1.165, 1.54) is 0 Å². The second-order valence-corrected chi connectivity index (χ2v) is 5.92. The van der Waals surface area contributed by atoms with Crippen LogP contribution in [0, 0.1) is 69.5 Å². The number of halogens is 10. The zero-order valence-corrected chi connectivity index (χ0v) is 14.5. The summed E-state index contributed by atoms with van der Waals surface area (Å²) >= 11 is 0. The molecule has 0 aliphatic carbocycles. The first-order valence-corrected chi connectivity index (χ1v) is 7.93. The van der Waals surface area contributed by atoms with Gasteiger partial charge < -0.3 is 0 Å². The van der Waals surface area contributed by atoms with Gasteiger partial charge in [0.15, 0.2) is 46.5 Å². The van der Waals surface area contributed by atoms with Crippen LogP contribution >= 0.6 is 0 Å². The maximum absolute atomic E-state index is 14.3. The number of pyridine rings is 1. The van der Waals surface area contributed by atoms with Gasteiger partial charge in [-0.2, -0.15) is 5.26 Å². The Bertz CT molecular complexity index is 1220. The smallest absolute Gasteiger partial charge is 0.200 e. The fourth-order valence-electron chi connectivity index (χ4n) is 2.73. The van der Waals surface area contributed by atoms with Crippen molar-refractivity contribution in [1.82, 2.24) is 4.98 Å². The van der Waals surface area contributed by atoms with Crippen molar-refractivity contribution in [3.05, 3.63) is 76.0 Å². The fourth-order valence-corrected chi connectivity index (χ4v) is 2.73. The van der Waals surface area contributed by atoms with Crippen molar-refractivity contribution in [2.45, 2.75) is 6.42 Å². The predicted molar refractivity (Wildman–Crippen MR) is 84.0 cm³/mol. The molecule has 0 atom stereocenters. The van der Waals surface area contributed by atoms with Crippen LogP contribution in [0.2, 0.25) is 0 Å². The molecule has 0 aliphatic rings. The van der Waals surface area contributed by atoms with Gasteiger partial charge in [0.05, 0.1) is 35.0 Å². The van der Waals surface area contributed by atoms with Gasteiger partial charge in [0.25, 0.3) is 0 Å². The minimum Gasteiger partial charge on any atom is -0.251 e. The van der Waals surface area contributed by atoms with E-state index in [2.05, 4.69) is 4.98 Å². The third-order valence-electron chi connectivity index (χ3n) is 4.14. The first-order valence-electron chi connectivity index (χ1n) is 7.93. The molecule has 0 bridgehead atoms. The summed E-state index contributed by atoms with van der Waals surface area (Å²) in [6.07, 6.45) is -0.584. The van der Waals surface area contributed by atoms with Crippen LogP contribution in [0.3, 0.4) is 0 Å². The topological polar surface area (TPSA) is 36.7 Å². The molecule has 12 heteroatoms. The van der Waals surface area contributed by atoms with Crippen LogP contribution < -0.4 is 0 Å². The van der Waals surface area contributed by atoms with Crippen LogP contribution in [-0.2, 0) is 6.42 Å². The Morgan fingerprint density at radius 2 is 0.968 bits per heavy atom. The summed E-state index contributed by atoms with van der Waals surface area (Å²) < 4.78 is 138. The quantitative estimate of drug-likeness (QED) is 0.284. The van der Waals surface area contributed by atoms with E-state index in [1.54, 1.807) is 6.07 Å². The number of rotatable bonds is 3. The van der Waals surface area contributed by atoms with Crippen molar-refractivity contribution < 1.29 is 43.9 Å². The van der Waals surface area contributed by atoms with Crippen molar-refractivity contribution in [3.63, 3.8) is 0 Å². The molecule has 2 nitrogen and oxygen atoms in total. The average molecular weight is 450 g/mol. The van der Waals surface area contributed by atoms with Gasteiger partial charge in [-0.05, 0) is 6.07 Å². The molecule has 31 heavy (non-hydrogen) atoms. The van der Waals surface area contributed by atoms with Crippen molar-refractivity contribution in [3.8, 4) is 28.5 Å². The van der Waals surface area contributed by atoms with Gasteiger partial charge in [0.1, 0.15) is 0 Å². The van der Waals surface area contributed by atoms with Gasteiger partial charge in [0, 0.05) is 5.56 Å². The molecule has 0 fully saturated rings. The molecule has 1 heterocycles. The highest BCUT2D eigenvalue weighted by atomic mass is 19.2. The molecule has 0 unspecified atom stereocenters. The minimum absolute atomic E-state index is 0.353. The zero-order valence-electron chi connectivity index (χ0n) is 14.5. The van der Waals surface area contributed by atoms with Crippen LogP contribution in [0.15, 0.2) is 12.1 Å². The maximum Gasteiger partial charge on any atom is 0.200 e. The van der Waals surface area contributed by atoms with Crippen molar-refractivity contribution in [2.24, 2.45) is 0 Å². The molecule has 3 rings (SSSR count). The molecule has 1 aromatic heterocycles. The standard InChI is InChI=1S/C19H4F10N2/c20-9-7(10(21)14(25)17(28)13(9)24)6-2-1-5(3-4-30)31-19(6)8-11(22)15(26)18(29)16(27)12(8)23/h1-2H,3H2. The van der Waals surface area contributed by atoms with Crippen LogP contribution in [0.1, 0.15) is 5.69 Å². The van der Waals surface area contributed by atoms with Gasteiger partial charge in [-0.25, -0.2) is 43.9 Å². The molecule has 0 N–H and O–H groups in total. The monoisotopic (exact) mass is 450 g/mol. The lowest BCUT2D eigenvalue weighted by molar-refractivity contribution is 0.380. The number of nitrogens with zero attached hydrogens (tertiary/aromatic N) is 2. The third kappa shape index (κ3) is 3.35. The van der Waals surface area contributed by atoms with Gasteiger partial charge in [-0.1, -0.05) is 6.07 Å². The van der Waals surface area contributed by atoms with E-state index in [0.717, 1.165) is 6.07 Å². The summed E-state index contributed by atoms with van der Waals surface area (Å²) in [5.41, 5.74) is -6.35. The van der Waals surface area contributed by atoms with Gasteiger partial charge in [0.2, 0.25) is 11.6 Å². The van der Waals surface area contributed by atoms with E-state index >= 15 is 0 Å². The molecular formula is C19H4F10N2. The SMILES string of the molecule is N#CCc1ccc(-c2c(F)c(F)c(F)c(F)c2F)c(-c2c(F)c(F)c(F)c(F)c2F)n1. The fraction of sp³-hybridized carbons (Fsp3) is 0.0526. The summed E-state index contributed by atoms with van der Waals surface area (Å²) in [7, 11) is 0. The molecule has 3 aromatic rings.